The molecule has 0 saturated carbocycles. The van der Waals surface area contributed by atoms with E-state index >= 15 is 0 Å². The molecule has 0 heterocycles. The van der Waals surface area contributed by atoms with Crippen LogP contribution in [0.25, 0.3) is 0 Å². The molecule has 0 aliphatic rings. The molecule has 0 fully saturated rings. The highest BCUT2D eigenvalue weighted by Crippen LogP contribution is 2.00. The van der Waals surface area contributed by atoms with Gasteiger partial charge in [-0.25, -0.2) is 0 Å². The van der Waals surface area contributed by atoms with E-state index in [1.807, 2.05) is 13.8 Å². The van der Waals surface area contributed by atoms with Crippen LogP contribution in [-0.4, -0.2) is 37.6 Å². The number of hydrogen-bond acceptors (Lipinski definition) is 3. The van der Waals surface area contributed by atoms with Crippen molar-refractivity contribution in [2.75, 3.05) is 6.54 Å². The smallest absolute Gasteiger partial charge is 0.305 e. The van der Waals surface area contributed by atoms with Crippen LogP contribution in [0.3, 0.4) is 0 Å². The summed E-state index contributed by atoms with van der Waals surface area (Å²) in [7, 11) is 1.71. The zero-order valence-electron chi connectivity index (χ0n) is 8.83. The van der Waals surface area contributed by atoms with Gasteiger partial charge in [-0.1, -0.05) is 13.8 Å². The molecule has 80 valence electrons. The van der Waals surface area contributed by atoms with Crippen LogP contribution in [0, 0.1) is 5.92 Å². The first-order chi connectivity index (χ1) is 6.49. The van der Waals surface area contributed by atoms with Crippen molar-refractivity contribution >= 4 is 19.9 Å². The lowest BCUT2D eigenvalue weighted by Crippen LogP contribution is -2.46. The number of nitrogens with one attached hydrogen (secondary N) is 2. The first kappa shape index (κ1) is 13.0. The predicted molar refractivity (Wildman–Crippen MR) is 55.6 cm³/mol. The van der Waals surface area contributed by atoms with Crippen molar-refractivity contribution < 1.29 is 14.7 Å². The second-order valence-electron chi connectivity index (χ2n) is 3.45. The van der Waals surface area contributed by atoms with E-state index in [2.05, 4.69) is 10.5 Å². The van der Waals surface area contributed by atoms with Crippen LogP contribution in [0.2, 0.25) is 0 Å². The Bertz CT molecular complexity index is 209. The lowest BCUT2D eigenvalue weighted by atomic mass is 10.0. The third-order valence-electron chi connectivity index (χ3n) is 1.90. The average molecular weight is 200 g/mol. The van der Waals surface area contributed by atoms with Gasteiger partial charge in [0.15, 0.2) is 7.98 Å². The first-order valence-electron chi connectivity index (χ1n) is 4.65. The van der Waals surface area contributed by atoms with Crippen LogP contribution in [-0.2, 0) is 9.59 Å². The highest BCUT2D eigenvalue weighted by molar-refractivity contribution is 6.06. The Labute approximate surface area is 84.7 Å². The lowest BCUT2D eigenvalue weighted by molar-refractivity contribution is -0.137. The minimum Gasteiger partial charge on any atom is -0.481 e. The topological polar surface area (TPSA) is 78.4 Å². The molecule has 0 aromatic rings. The standard InChI is InChI=1S/C8H17BN2O3/c1-5(2)7(11-9)8(14)10-4-3-6(12)13/h5,7,11H,3-4,9H2,1-2H3,(H,10,14)(H,12,13)/t7-/m0/s1. The molecule has 0 unspecified atom stereocenters. The van der Waals surface area contributed by atoms with Gasteiger partial charge >= 0.3 is 5.97 Å². The van der Waals surface area contributed by atoms with E-state index in [9.17, 15) is 9.59 Å². The van der Waals surface area contributed by atoms with Crippen molar-refractivity contribution in [2.24, 2.45) is 5.92 Å². The summed E-state index contributed by atoms with van der Waals surface area (Å²) in [5, 5.41) is 13.8. The zero-order valence-corrected chi connectivity index (χ0v) is 8.83. The average Bonchev–Trinajstić information content (AvgIpc) is 2.03. The molecule has 0 spiro atoms. The molecule has 5 nitrogen and oxygen atoms in total. The molecule has 14 heavy (non-hydrogen) atoms. The van der Waals surface area contributed by atoms with E-state index in [4.69, 9.17) is 5.11 Å². The van der Waals surface area contributed by atoms with Crippen molar-refractivity contribution in [1.29, 1.82) is 0 Å². The van der Waals surface area contributed by atoms with Gasteiger partial charge in [0, 0.05) is 6.54 Å². The zero-order chi connectivity index (χ0) is 11.1. The maximum absolute atomic E-state index is 11.4. The van der Waals surface area contributed by atoms with Gasteiger partial charge in [-0.3, -0.25) is 9.59 Å². The molecule has 0 aromatic carbocycles. The van der Waals surface area contributed by atoms with E-state index in [1.165, 1.54) is 0 Å². The Morgan fingerprint density at radius 2 is 2.00 bits per heavy atom. The molecule has 1 atom stereocenters. The van der Waals surface area contributed by atoms with Crippen LogP contribution >= 0.6 is 0 Å². The maximum Gasteiger partial charge on any atom is 0.305 e. The molecule has 0 aromatic heterocycles. The van der Waals surface area contributed by atoms with E-state index in [1.54, 1.807) is 7.98 Å². The normalized spacial score (nSPS) is 12.5. The third kappa shape index (κ3) is 4.86. The Kier molecular flexibility index (Phi) is 5.95. The van der Waals surface area contributed by atoms with E-state index in [0.717, 1.165) is 0 Å². The highest BCUT2D eigenvalue weighted by atomic mass is 16.4. The van der Waals surface area contributed by atoms with E-state index in [0.29, 0.717) is 0 Å². The van der Waals surface area contributed by atoms with Gasteiger partial charge in [-0.15, -0.1) is 0 Å². The summed E-state index contributed by atoms with van der Waals surface area (Å²) in [6.07, 6.45) is -0.0414. The molecule has 0 aliphatic carbocycles. The van der Waals surface area contributed by atoms with E-state index in [-0.39, 0.29) is 30.8 Å². The van der Waals surface area contributed by atoms with Gasteiger partial charge in [0.2, 0.25) is 5.91 Å². The second kappa shape index (κ2) is 6.42. The summed E-state index contributed by atoms with van der Waals surface area (Å²) < 4.78 is 0. The quantitative estimate of drug-likeness (QED) is 0.467. The fraction of sp³-hybridized carbons (Fsp3) is 0.750. The van der Waals surface area contributed by atoms with Gasteiger partial charge in [0.1, 0.15) is 0 Å². The van der Waals surface area contributed by atoms with Gasteiger partial charge in [0.05, 0.1) is 12.5 Å². The number of carbonyl (C=O) groups is 2. The molecular weight excluding hydrogens is 183 g/mol. The largest absolute Gasteiger partial charge is 0.481 e. The fourth-order valence-corrected chi connectivity index (χ4v) is 1.17. The van der Waals surface area contributed by atoms with Crippen molar-refractivity contribution in [3.8, 4) is 0 Å². The van der Waals surface area contributed by atoms with Crippen LogP contribution in [0.1, 0.15) is 20.3 Å². The van der Waals surface area contributed by atoms with Gasteiger partial charge in [0.25, 0.3) is 0 Å². The van der Waals surface area contributed by atoms with Crippen LogP contribution in [0.4, 0.5) is 0 Å². The van der Waals surface area contributed by atoms with Crippen molar-refractivity contribution in [1.82, 2.24) is 10.5 Å². The number of amides is 1. The van der Waals surface area contributed by atoms with Crippen LogP contribution < -0.4 is 10.5 Å². The monoisotopic (exact) mass is 200 g/mol. The number of rotatable bonds is 6. The SMILES string of the molecule is BN[C@H](C(=O)NCCC(=O)O)C(C)C. The molecular formula is C8H17BN2O3. The fourth-order valence-electron chi connectivity index (χ4n) is 1.17. The van der Waals surface area contributed by atoms with Crippen LogP contribution in [0.15, 0.2) is 0 Å². The summed E-state index contributed by atoms with van der Waals surface area (Å²) in [6, 6.07) is -0.260. The summed E-state index contributed by atoms with van der Waals surface area (Å²) in [5.41, 5.74) is 0. The maximum atomic E-state index is 11.4. The number of aliphatic carboxylic acids is 1. The Morgan fingerprint density at radius 1 is 1.43 bits per heavy atom. The van der Waals surface area contributed by atoms with Gasteiger partial charge < -0.3 is 15.7 Å². The molecule has 3 N–H and O–H groups in total. The lowest BCUT2D eigenvalue weighted by Gasteiger charge is -2.19. The summed E-state index contributed by atoms with van der Waals surface area (Å²) in [6.45, 7) is 4.04. The molecule has 0 radical (unpaired) electrons. The molecule has 0 aliphatic heterocycles. The second-order valence-corrected chi connectivity index (χ2v) is 3.45. The molecule has 0 bridgehead atoms. The first-order valence-corrected chi connectivity index (χ1v) is 4.65. The number of hydrogen-bond donors (Lipinski definition) is 3. The van der Waals surface area contributed by atoms with Crippen molar-refractivity contribution in [3.63, 3.8) is 0 Å². The van der Waals surface area contributed by atoms with Crippen molar-refractivity contribution in [2.45, 2.75) is 26.3 Å². The summed E-state index contributed by atoms with van der Waals surface area (Å²) >= 11 is 0. The molecule has 6 heteroatoms. The molecule has 1 amide bonds. The van der Waals surface area contributed by atoms with E-state index < -0.39 is 5.97 Å². The Hall–Kier alpha value is -1.04. The van der Waals surface area contributed by atoms with Crippen molar-refractivity contribution in [3.05, 3.63) is 0 Å². The predicted octanol–water partition coefficient (Wildman–Crippen LogP) is -1.26. The number of carboxylic acids is 1. The summed E-state index contributed by atoms with van der Waals surface area (Å²) in [5.74, 6) is -0.871. The molecule has 0 saturated heterocycles. The third-order valence-corrected chi connectivity index (χ3v) is 1.90. The van der Waals surface area contributed by atoms with Gasteiger partial charge in [-0.2, -0.15) is 0 Å². The molecule has 0 rings (SSSR count). The summed E-state index contributed by atoms with van der Waals surface area (Å²) in [4.78, 5) is 21.6. The minimum atomic E-state index is -0.907. The minimum absolute atomic E-state index is 0.0414. The van der Waals surface area contributed by atoms with Gasteiger partial charge in [-0.05, 0) is 5.92 Å². The van der Waals surface area contributed by atoms with Crippen LogP contribution in [0.5, 0.6) is 0 Å². The number of carboxylic acid groups (broad SMARTS) is 1. The Balaban J connectivity index is 3.87. The highest BCUT2D eigenvalue weighted by Gasteiger charge is 2.18. The Morgan fingerprint density at radius 3 is 2.36 bits per heavy atom. The number of carbonyl (C=O) groups excluding carboxylic acids is 1.